The lowest BCUT2D eigenvalue weighted by Crippen LogP contribution is -1.96. The number of nitriles is 1. The predicted molar refractivity (Wildman–Crippen MR) is 42.7 cm³/mol. The Morgan fingerprint density at radius 1 is 1.64 bits per heavy atom. The van der Waals surface area contributed by atoms with Crippen molar-refractivity contribution < 1.29 is 0 Å². The van der Waals surface area contributed by atoms with Crippen LogP contribution in [0.2, 0.25) is 0 Å². The van der Waals surface area contributed by atoms with Crippen molar-refractivity contribution in [2.45, 2.75) is 13.3 Å². The zero-order chi connectivity index (χ0) is 8.27. The van der Waals surface area contributed by atoms with E-state index in [-0.39, 0.29) is 0 Å². The maximum atomic E-state index is 8.40. The van der Waals surface area contributed by atoms with Gasteiger partial charge in [0, 0.05) is 5.69 Å². The maximum absolute atomic E-state index is 8.40. The van der Waals surface area contributed by atoms with Crippen molar-refractivity contribution in [1.29, 1.82) is 5.26 Å². The molecule has 0 fully saturated rings. The highest BCUT2D eigenvalue weighted by atomic mass is 14.8. The summed E-state index contributed by atoms with van der Waals surface area (Å²) in [6.45, 7) is 1.85. The van der Waals surface area contributed by atoms with Crippen LogP contribution in [-0.2, 0) is 6.42 Å². The Kier molecular flexibility index (Phi) is 2.07. The lowest BCUT2D eigenvalue weighted by Gasteiger charge is -1.99. The van der Waals surface area contributed by atoms with E-state index >= 15 is 0 Å². The summed E-state index contributed by atoms with van der Waals surface area (Å²) in [7, 11) is 0. The molecule has 0 saturated heterocycles. The van der Waals surface area contributed by atoms with Crippen molar-refractivity contribution in [3.63, 3.8) is 0 Å². The monoisotopic (exact) mass is 147 g/mol. The Bertz CT molecular complexity index is 299. The van der Waals surface area contributed by atoms with Crippen LogP contribution >= 0.6 is 0 Å². The van der Waals surface area contributed by atoms with Crippen molar-refractivity contribution in [3.8, 4) is 6.07 Å². The average molecular weight is 147 g/mol. The minimum atomic E-state index is 0.402. The Labute approximate surface area is 65.5 Å². The second kappa shape index (κ2) is 3.02. The smallest absolute Gasteiger partial charge is 0.123 e. The van der Waals surface area contributed by atoms with E-state index in [1.54, 1.807) is 6.07 Å². The van der Waals surface area contributed by atoms with Crippen LogP contribution in [0.3, 0.4) is 0 Å². The van der Waals surface area contributed by atoms with Gasteiger partial charge < -0.3 is 5.73 Å². The fourth-order valence-electron chi connectivity index (χ4n) is 0.881. The molecule has 0 atom stereocenters. The van der Waals surface area contributed by atoms with Gasteiger partial charge in [0.1, 0.15) is 5.82 Å². The van der Waals surface area contributed by atoms with E-state index < -0.39 is 0 Å². The van der Waals surface area contributed by atoms with Gasteiger partial charge in [-0.2, -0.15) is 5.26 Å². The minimum absolute atomic E-state index is 0.402. The van der Waals surface area contributed by atoms with Crippen molar-refractivity contribution >= 4 is 5.82 Å². The first-order valence-corrected chi connectivity index (χ1v) is 3.33. The third kappa shape index (κ3) is 1.68. The largest absolute Gasteiger partial charge is 0.384 e. The number of nitrogens with zero attached hydrogens (tertiary/aromatic N) is 2. The number of aryl methyl sites for hydroxylation is 1. The molecule has 11 heavy (non-hydrogen) atoms. The molecule has 0 radical (unpaired) electrons. The SMILES string of the molecule is Cc1nc(N)ccc1CC#N. The van der Waals surface area contributed by atoms with Crippen molar-refractivity contribution in [2.24, 2.45) is 0 Å². The van der Waals surface area contributed by atoms with Crippen LogP contribution in [0.25, 0.3) is 0 Å². The van der Waals surface area contributed by atoms with Gasteiger partial charge in [-0.25, -0.2) is 4.98 Å². The number of hydrogen-bond donors (Lipinski definition) is 1. The van der Waals surface area contributed by atoms with Crippen LogP contribution in [0.4, 0.5) is 5.82 Å². The summed E-state index contributed by atoms with van der Waals surface area (Å²) in [5.74, 6) is 0.504. The molecule has 0 aliphatic rings. The third-order valence-corrected chi connectivity index (χ3v) is 1.49. The Balaban J connectivity index is 3.01. The fourth-order valence-corrected chi connectivity index (χ4v) is 0.881. The zero-order valence-corrected chi connectivity index (χ0v) is 6.33. The molecule has 0 saturated carbocycles. The van der Waals surface area contributed by atoms with Crippen molar-refractivity contribution in [2.75, 3.05) is 5.73 Å². The predicted octanol–water partition coefficient (Wildman–Crippen LogP) is 1.04. The number of aromatic nitrogens is 1. The number of rotatable bonds is 1. The molecule has 1 aromatic rings. The van der Waals surface area contributed by atoms with Gasteiger partial charge in [-0.15, -0.1) is 0 Å². The highest BCUT2D eigenvalue weighted by Gasteiger charge is 1.97. The highest BCUT2D eigenvalue weighted by Crippen LogP contribution is 2.07. The van der Waals surface area contributed by atoms with Crippen LogP contribution in [-0.4, -0.2) is 4.98 Å². The Morgan fingerprint density at radius 2 is 2.36 bits per heavy atom. The van der Waals surface area contributed by atoms with Crippen LogP contribution in [0.1, 0.15) is 11.3 Å². The van der Waals surface area contributed by atoms with Gasteiger partial charge in [0.25, 0.3) is 0 Å². The van der Waals surface area contributed by atoms with Gasteiger partial charge in [0.15, 0.2) is 0 Å². The van der Waals surface area contributed by atoms with Gasteiger partial charge in [0.2, 0.25) is 0 Å². The van der Waals surface area contributed by atoms with Gasteiger partial charge in [-0.3, -0.25) is 0 Å². The molecule has 1 rings (SSSR count). The summed E-state index contributed by atoms with van der Waals surface area (Å²) in [6.07, 6.45) is 0.402. The van der Waals surface area contributed by atoms with Crippen LogP contribution in [0, 0.1) is 18.3 Å². The second-order valence-electron chi connectivity index (χ2n) is 2.32. The quantitative estimate of drug-likeness (QED) is 0.645. The molecule has 0 spiro atoms. The lowest BCUT2D eigenvalue weighted by atomic mass is 10.1. The summed E-state index contributed by atoms with van der Waals surface area (Å²) >= 11 is 0. The van der Waals surface area contributed by atoms with Gasteiger partial charge in [-0.1, -0.05) is 6.07 Å². The molecule has 0 aromatic carbocycles. The molecule has 0 amide bonds. The standard InChI is InChI=1S/C8H9N3/c1-6-7(4-5-9)2-3-8(10)11-6/h2-3H,4H2,1H3,(H2,10,11). The van der Waals surface area contributed by atoms with E-state index in [1.807, 2.05) is 13.0 Å². The van der Waals surface area contributed by atoms with Crippen LogP contribution in [0.5, 0.6) is 0 Å². The van der Waals surface area contributed by atoms with Gasteiger partial charge in [-0.05, 0) is 18.6 Å². The summed E-state index contributed by atoms with van der Waals surface area (Å²) < 4.78 is 0. The molecule has 3 nitrogen and oxygen atoms in total. The van der Waals surface area contributed by atoms with E-state index in [4.69, 9.17) is 11.0 Å². The van der Waals surface area contributed by atoms with E-state index in [2.05, 4.69) is 11.1 Å². The lowest BCUT2D eigenvalue weighted by molar-refractivity contribution is 1.11. The Morgan fingerprint density at radius 3 is 2.91 bits per heavy atom. The molecule has 0 unspecified atom stereocenters. The van der Waals surface area contributed by atoms with Crippen molar-refractivity contribution in [1.82, 2.24) is 4.98 Å². The number of pyridine rings is 1. The summed E-state index contributed by atoms with van der Waals surface area (Å²) in [4.78, 5) is 4.02. The summed E-state index contributed by atoms with van der Waals surface area (Å²) in [6, 6.07) is 5.61. The molecule has 1 aromatic heterocycles. The first kappa shape index (κ1) is 7.55. The van der Waals surface area contributed by atoms with E-state index in [0.717, 1.165) is 11.3 Å². The highest BCUT2D eigenvalue weighted by molar-refractivity contribution is 5.34. The molecular formula is C8H9N3. The minimum Gasteiger partial charge on any atom is -0.384 e. The molecule has 3 heteroatoms. The second-order valence-corrected chi connectivity index (χ2v) is 2.32. The molecule has 2 N–H and O–H groups in total. The Hall–Kier alpha value is -1.56. The first-order valence-electron chi connectivity index (χ1n) is 3.33. The fraction of sp³-hybridized carbons (Fsp3) is 0.250. The number of nitrogens with two attached hydrogens (primary N) is 1. The molecule has 0 bridgehead atoms. The van der Waals surface area contributed by atoms with Crippen LogP contribution < -0.4 is 5.73 Å². The van der Waals surface area contributed by atoms with E-state index in [9.17, 15) is 0 Å². The zero-order valence-electron chi connectivity index (χ0n) is 6.33. The maximum Gasteiger partial charge on any atom is 0.123 e. The average Bonchev–Trinajstić information content (AvgIpc) is 1.95. The van der Waals surface area contributed by atoms with Gasteiger partial charge in [0.05, 0.1) is 12.5 Å². The third-order valence-electron chi connectivity index (χ3n) is 1.49. The first-order chi connectivity index (χ1) is 5.24. The molecule has 1 heterocycles. The van der Waals surface area contributed by atoms with E-state index in [1.165, 1.54) is 0 Å². The molecule has 0 aliphatic heterocycles. The molecular weight excluding hydrogens is 138 g/mol. The number of anilines is 1. The number of nitrogen functional groups attached to an aromatic ring is 1. The summed E-state index contributed by atoms with van der Waals surface area (Å²) in [5.41, 5.74) is 7.22. The summed E-state index contributed by atoms with van der Waals surface area (Å²) in [5, 5.41) is 8.40. The van der Waals surface area contributed by atoms with E-state index in [0.29, 0.717) is 12.2 Å². The van der Waals surface area contributed by atoms with Gasteiger partial charge >= 0.3 is 0 Å². The topological polar surface area (TPSA) is 62.7 Å². The molecule has 56 valence electrons. The van der Waals surface area contributed by atoms with Crippen LogP contribution in [0.15, 0.2) is 12.1 Å². The molecule has 0 aliphatic carbocycles. The normalized spacial score (nSPS) is 9.09. The van der Waals surface area contributed by atoms with Crippen molar-refractivity contribution in [3.05, 3.63) is 23.4 Å². The number of hydrogen-bond acceptors (Lipinski definition) is 3.